The van der Waals surface area contributed by atoms with Crippen molar-refractivity contribution < 1.29 is 9.53 Å². The number of aryl methyl sites for hydroxylation is 1. The van der Waals surface area contributed by atoms with Crippen LogP contribution in [-0.2, 0) is 29.0 Å². The molecule has 0 saturated heterocycles. The van der Waals surface area contributed by atoms with E-state index in [0.717, 1.165) is 23.5 Å². The maximum atomic E-state index is 10.3. The molecule has 0 saturated carbocycles. The largest absolute Gasteiger partial charge is 0.370 e. The molecule has 1 rings (SSSR count). The number of carbonyl (C=O) groups is 1. The third-order valence-electron chi connectivity index (χ3n) is 2.58. The van der Waals surface area contributed by atoms with Gasteiger partial charge in [0, 0.05) is 19.2 Å². The molecule has 5 nitrogen and oxygen atoms in total. The highest BCUT2D eigenvalue weighted by molar-refractivity contribution is 5.45. The average molecular weight is 265 g/mol. The number of rotatable bonds is 7. The van der Waals surface area contributed by atoms with Crippen LogP contribution in [0.25, 0.3) is 0 Å². The highest BCUT2D eigenvalue weighted by Gasteiger charge is 2.13. The third kappa shape index (κ3) is 5.79. The minimum atomic E-state index is -0.199. The molecule has 5 heteroatoms. The number of amides is 1. The van der Waals surface area contributed by atoms with Crippen LogP contribution >= 0.6 is 0 Å². The fourth-order valence-corrected chi connectivity index (χ4v) is 1.54. The lowest BCUT2D eigenvalue weighted by molar-refractivity contribution is -0.109. The van der Waals surface area contributed by atoms with Crippen molar-refractivity contribution in [3.63, 3.8) is 0 Å². The first-order valence-corrected chi connectivity index (χ1v) is 6.61. The van der Waals surface area contributed by atoms with E-state index in [9.17, 15) is 4.79 Å². The lowest BCUT2D eigenvalue weighted by Gasteiger charge is -2.20. The smallest absolute Gasteiger partial charge is 0.207 e. The Morgan fingerprint density at radius 3 is 2.74 bits per heavy atom. The topological polar surface area (TPSA) is 64.1 Å². The van der Waals surface area contributed by atoms with Gasteiger partial charge in [-0.2, -0.15) is 0 Å². The molecule has 1 aromatic rings. The molecule has 0 unspecified atom stereocenters. The molecule has 0 aliphatic rings. The summed E-state index contributed by atoms with van der Waals surface area (Å²) >= 11 is 0. The van der Waals surface area contributed by atoms with Crippen LogP contribution in [0, 0.1) is 0 Å². The van der Waals surface area contributed by atoms with Gasteiger partial charge in [-0.05, 0) is 32.8 Å². The second-order valence-electron chi connectivity index (χ2n) is 5.33. The Balaban J connectivity index is 2.79. The van der Waals surface area contributed by atoms with Crippen molar-refractivity contribution in [3.8, 4) is 0 Å². The summed E-state index contributed by atoms with van der Waals surface area (Å²) in [5.74, 6) is 0.819. The van der Waals surface area contributed by atoms with E-state index in [4.69, 9.17) is 4.74 Å². The van der Waals surface area contributed by atoms with E-state index in [2.05, 4.69) is 15.3 Å². The lowest BCUT2D eigenvalue weighted by Crippen LogP contribution is -2.21. The van der Waals surface area contributed by atoms with E-state index in [1.54, 1.807) is 0 Å². The van der Waals surface area contributed by atoms with Crippen molar-refractivity contribution in [1.29, 1.82) is 0 Å². The van der Waals surface area contributed by atoms with Gasteiger partial charge in [0.25, 0.3) is 0 Å². The summed E-state index contributed by atoms with van der Waals surface area (Å²) in [5, 5.41) is 2.65. The first-order valence-electron chi connectivity index (χ1n) is 6.61. The number of hydrogen-bond donors (Lipinski definition) is 1. The molecule has 0 radical (unpaired) electrons. The number of carbonyl (C=O) groups excluding carboxylic acids is 1. The summed E-state index contributed by atoms with van der Waals surface area (Å²) in [4.78, 5) is 19.1. The van der Waals surface area contributed by atoms with Crippen LogP contribution in [0.2, 0.25) is 0 Å². The van der Waals surface area contributed by atoms with Gasteiger partial charge in [-0.25, -0.2) is 9.97 Å². The summed E-state index contributed by atoms with van der Waals surface area (Å²) in [6.45, 7) is 9.13. The van der Waals surface area contributed by atoms with E-state index >= 15 is 0 Å². The van der Waals surface area contributed by atoms with E-state index in [0.29, 0.717) is 26.0 Å². The van der Waals surface area contributed by atoms with Crippen molar-refractivity contribution in [2.75, 3.05) is 6.54 Å². The summed E-state index contributed by atoms with van der Waals surface area (Å²) in [6.07, 6.45) is 4.05. The van der Waals surface area contributed by atoms with E-state index < -0.39 is 0 Å². The van der Waals surface area contributed by atoms with Crippen LogP contribution in [0.15, 0.2) is 6.20 Å². The van der Waals surface area contributed by atoms with Gasteiger partial charge in [0.05, 0.1) is 17.9 Å². The zero-order valence-electron chi connectivity index (χ0n) is 12.2. The van der Waals surface area contributed by atoms with E-state index in [-0.39, 0.29) is 5.60 Å². The van der Waals surface area contributed by atoms with Gasteiger partial charge in [0.2, 0.25) is 6.41 Å². The van der Waals surface area contributed by atoms with E-state index in [1.807, 2.05) is 33.9 Å². The highest BCUT2D eigenvalue weighted by Crippen LogP contribution is 2.14. The standard InChI is InChI=1S/C14H23N3O2/c1-5-13-16-8-11(6-7-15-10-18)12(17-13)9-19-14(2,3)4/h8,10H,5-7,9H2,1-4H3,(H,15,18). The molecular weight excluding hydrogens is 242 g/mol. The Morgan fingerprint density at radius 1 is 1.42 bits per heavy atom. The summed E-state index contributed by atoms with van der Waals surface area (Å²) < 4.78 is 5.78. The molecular formula is C14H23N3O2. The maximum Gasteiger partial charge on any atom is 0.207 e. The Kier molecular flexibility index (Phi) is 5.89. The molecule has 1 N–H and O–H groups in total. The molecule has 1 aromatic heterocycles. The molecule has 0 aliphatic heterocycles. The Hall–Kier alpha value is -1.49. The molecule has 0 fully saturated rings. The predicted molar refractivity (Wildman–Crippen MR) is 73.7 cm³/mol. The zero-order valence-corrected chi connectivity index (χ0v) is 12.2. The van der Waals surface area contributed by atoms with Crippen LogP contribution in [0.4, 0.5) is 0 Å². The highest BCUT2D eigenvalue weighted by atomic mass is 16.5. The lowest BCUT2D eigenvalue weighted by atomic mass is 10.1. The zero-order chi connectivity index (χ0) is 14.3. The maximum absolute atomic E-state index is 10.3. The van der Waals surface area contributed by atoms with Gasteiger partial charge in [0.1, 0.15) is 5.82 Å². The summed E-state index contributed by atoms with van der Waals surface area (Å²) in [7, 11) is 0. The van der Waals surface area contributed by atoms with Crippen LogP contribution in [-0.4, -0.2) is 28.5 Å². The van der Waals surface area contributed by atoms with Gasteiger partial charge < -0.3 is 10.1 Å². The summed E-state index contributed by atoms with van der Waals surface area (Å²) in [5.41, 5.74) is 1.74. The minimum absolute atomic E-state index is 0.199. The van der Waals surface area contributed by atoms with Gasteiger partial charge in [0.15, 0.2) is 0 Å². The van der Waals surface area contributed by atoms with Gasteiger partial charge in [-0.15, -0.1) is 0 Å². The molecule has 0 spiro atoms. The molecule has 1 heterocycles. The van der Waals surface area contributed by atoms with Crippen LogP contribution in [0.3, 0.4) is 0 Å². The minimum Gasteiger partial charge on any atom is -0.370 e. The van der Waals surface area contributed by atoms with Gasteiger partial charge in [-0.1, -0.05) is 6.92 Å². The quantitative estimate of drug-likeness (QED) is 0.601. The normalized spacial score (nSPS) is 11.4. The number of hydrogen-bond acceptors (Lipinski definition) is 4. The van der Waals surface area contributed by atoms with E-state index in [1.165, 1.54) is 0 Å². The molecule has 0 aromatic carbocycles. The Bertz CT molecular complexity index is 414. The number of aromatic nitrogens is 2. The van der Waals surface area contributed by atoms with Crippen molar-refractivity contribution >= 4 is 6.41 Å². The molecule has 19 heavy (non-hydrogen) atoms. The first kappa shape index (κ1) is 15.6. The molecule has 1 amide bonds. The molecule has 0 aliphatic carbocycles. The molecule has 106 valence electrons. The fourth-order valence-electron chi connectivity index (χ4n) is 1.54. The SMILES string of the molecule is CCc1ncc(CCNC=O)c(COC(C)(C)C)n1. The van der Waals surface area contributed by atoms with Crippen molar-refractivity contribution in [1.82, 2.24) is 15.3 Å². The fraction of sp³-hybridized carbons (Fsp3) is 0.643. The molecule has 0 bridgehead atoms. The average Bonchev–Trinajstić information content (AvgIpc) is 2.36. The van der Waals surface area contributed by atoms with Crippen LogP contribution < -0.4 is 5.32 Å². The monoisotopic (exact) mass is 265 g/mol. The first-order chi connectivity index (χ1) is 8.96. The van der Waals surface area contributed by atoms with Crippen molar-refractivity contribution in [2.45, 2.75) is 52.7 Å². The second kappa shape index (κ2) is 7.19. The molecule has 0 atom stereocenters. The Morgan fingerprint density at radius 2 is 2.16 bits per heavy atom. The third-order valence-corrected chi connectivity index (χ3v) is 2.58. The van der Waals surface area contributed by atoms with Gasteiger partial charge >= 0.3 is 0 Å². The second-order valence-corrected chi connectivity index (χ2v) is 5.33. The Labute approximate surface area is 114 Å². The number of nitrogens with one attached hydrogen (secondary N) is 1. The summed E-state index contributed by atoms with van der Waals surface area (Å²) in [6, 6.07) is 0. The van der Waals surface area contributed by atoms with Gasteiger partial charge in [-0.3, -0.25) is 4.79 Å². The van der Waals surface area contributed by atoms with Crippen LogP contribution in [0.1, 0.15) is 44.8 Å². The van der Waals surface area contributed by atoms with Crippen LogP contribution in [0.5, 0.6) is 0 Å². The predicted octanol–water partition coefficient (Wildman–Crippen LogP) is 1.64. The van der Waals surface area contributed by atoms with Crippen molar-refractivity contribution in [3.05, 3.63) is 23.3 Å². The van der Waals surface area contributed by atoms with Crippen molar-refractivity contribution in [2.24, 2.45) is 0 Å². The number of ether oxygens (including phenoxy) is 1. The number of nitrogens with zero attached hydrogens (tertiary/aromatic N) is 2.